The van der Waals surface area contributed by atoms with Crippen LogP contribution >= 0.6 is 0 Å². The van der Waals surface area contributed by atoms with Crippen LogP contribution in [0.25, 0.3) is 10.9 Å². The fourth-order valence-electron chi connectivity index (χ4n) is 3.57. The molecule has 1 aliphatic rings. The molecule has 1 aromatic heterocycles. The average Bonchev–Trinajstić information content (AvgIpc) is 2.89. The maximum atomic E-state index is 13.0. The topological polar surface area (TPSA) is 56.6 Å². The lowest BCUT2D eigenvalue weighted by Gasteiger charge is -2.37. The van der Waals surface area contributed by atoms with Gasteiger partial charge in [-0.15, -0.1) is 0 Å². The minimum Gasteiger partial charge on any atom is -0.360 e. The molecule has 108 valence electrons. The first-order chi connectivity index (χ1) is 10.0. The van der Waals surface area contributed by atoms with Crippen LogP contribution in [0.1, 0.15) is 55.5 Å². The Morgan fingerprint density at radius 3 is 2.90 bits per heavy atom. The van der Waals surface area contributed by atoms with Crippen LogP contribution in [0.15, 0.2) is 24.4 Å². The molecule has 21 heavy (non-hydrogen) atoms. The maximum absolute atomic E-state index is 13.0. The van der Waals surface area contributed by atoms with Crippen molar-refractivity contribution in [3.05, 3.63) is 35.5 Å². The van der Waals surface area contributed by atoms with Gasteiger partial charge in [0.2, 0.25) is 0 Å². The Balaban J connectivity index is 2.00. The number of carbonyl (C=O) groups is 1. The van der Waals surface area contributed by atoms with Gasteiger partial charge in [-0.25, -0.2) is 0 Å². The molecular weight excluding hydrogens is 260 g/mol. The Kier molecular flexibility index (Phi) is 3.33. The average molecular weight is 280 g/mol. The summed E-state index contributed by atoms with van der Waals surface area (Å²) < 4.78 is 0. The predicted molar refractivity (Wildman–Crippen MR) is 83.1 cm³/mol. The molecule has 1 atom stereocenters. The molecule has 0 saturated heterocycles. The number of nitriles is 1. The number of H-pyrrole nitrogens is 1. The van der Waals surface area contributed by atoms with Crippen molar-refractivity contribution in [3.8, 4) is 6.07 Å². The summed E-state index contributed by atoms with van der Waals surface area (Å²) in [5, 5.41) is 9.89. The van der Waals surface area contributed by atoms with Crippen LogP contribution in [0, 0.1) is 22.7 Å². The minimum absolute atomic E-state index is 0.0749. The van der Waals surface area contributed by atoms with E-state index in [1.54, 1.807) is 18.3 Å². The zero-order valence-electron chi connectivity index (χ0n) is 12.6. The Labute approximate surface area is 125 Å². The third-order valence-corrected chi connectivity index (χ3v) is 4.90. The molecule has 0 aliphatic heterocycles. The van der Waals surface area contributed by atoms with Crippen molar-refractivity contribution in [1.82, 2.24) is 4.98 Å². The van der Waals surface area contributed by atoms with Gasteiger partial charge < -0.3 is 4.98 Å². The summed E-state index contributed by atoms with van der Waals surface area (Å²) in [5.41, 5.74) is 2.33. The highest BCUT2D eigenvalue weighted by Crippen LogP contribution is 2.42. The van der Waals surface area contributed by atoms with E-state index in [4.69, 9.17) is 5.26 Å². The molecule has 0 amide bonds. The van der Waals surface area contributed by atoms with E-state index in [0.29, 0.717) is 5.56 Å². The molecule has 1 heterocycles. The lowest BCUT2D eigenvalue weighted by molar-refractivity contribution is 0.0699. The van der Waals surface area contributed by atoms with E-state index in [9.17, 15) is 4.79 Å². The van der Waals surface area contributed by atoms with Gasteiger partial charge in [-0.1, -0.05) is 32.8 Å². The van der Waals surface area contributed by atoms with Gasteiger partial charge in [-0.2, -0.15) is 5.26 Å². The number of aromatic nitrogens is 1. The molecule has 1 saturated carbocycles. The molecule has 3 rings (SSSR count). The number of Topliss-reactive ketones (excluding diaryl/α,β-unsaturated/α-hetero) is 1. The predicted octanol–water partition coefficient (Wildman–Crippen LogP) is 4.44. The number of aromatic amines is 1. The van der Waals surface area contributed by atoms with Gasteiger partial charge in [-0.05, 0) is 30.4 Å². The van der Waals surface area contributed by atoms with Crippen molar-refractivity contribution in [2.75, 3.05) is 0 Å². The number of fused-ring (bicyclic) bond motifs is 1. The molecule has 3 heteroatoms. The third kappa shape index (κ3) is 2.35. The summed E-state index contributed by atoms with van der Waals surface area (Å²) in [6.07, 6.45) is 6.26. The standard InChI is InChI=1S/C18H20N2O/c1-18(2)8-4-3-5-15(18)17(21)14-11-20-16-9-12(10-19)6-7-13(14)16/h6-7,9,11,15,20H,3-5,8H2,1-2H3. The number of nitrogens with one attached hydrogen (secondary N) is 1. The smallest absolute Gasteiger partial charge is 0.168 e. The SMILES string of the molecule is CC1(C)CCCCC1C(=O)c1c[nH]c2cc(C#N)ccc12. The quantitative estimate of drug-likeness (QED) is 0.827. The molecule has 0 radical (unpaired) electrons. The van der Waals surface area contributed by atoms with Crippen molar-refractivity contribution in [2.45, 2.75) is 39.5 Å². The summed E-state index contributed by atoms with van der Waals surface area (Å²) in [7, 11) is 0. The second-order valence-electron chi connectivity index (χ2n) is 6.73. The maximum Gasteiger partial charge on any atom is 0.168 e. The fraction of sp³-hybridized carbons (Fsp3) is 0.444. The van der Waals surface area contributed by atoms with E-state index in [2.05, 4.69) is 24.9 Å². The van der Waals surface area contributed by atoms with E-state index in [0.717, 1.165) is 35.7 Å². The highest BCUT2D eigenvalue weighted by Gasteiger charge is 2.38. The van der Waals surface area contributed by atoms with Crippen LogP contribution in [-0.4, -0.2) is 10.8 Å². The molecule has 1 unspecified atom stereocenters. The first-order valence-electron chi connectivity index (χ1n) is 7.58. The van der Waals surface area contributed by atoms with Gasteiger partial charge in [0.1, 0.15) is 0 Å². The summed E-state index contributed by atoms with van der Waals surface area (Å²) >= 11 is 0. The lowest BCUT2D eigenvalue weighted by atomic mass is 9.66. The second kappa shape index (κ2) is 5.04. The van der Waals surface area contributed by atoms with Crippen molar-refractivity contribution in [1.29, 1.82) is 5.26 Å². The number of hydrogen-bond acceptors (Lipinski definition) is 2. The van der Waals surface area contributed by atoms with E-state index in [1.807, 2.05) is 6.07 Å². The van der Waals surface area contributed by atoms with Gasteiger partial charge in [0, 0.05) is 28.6 Å². The molecule has 1 N–H and O–H groups in total. The minimum atomic E-state index is 0.0749. The van der Waals surface area contributed by atoms with Crippen molar-refractivity contribution >= 4 is 16.7 Å². The van der Waals surface area contributed by atoms with E-state index < -0.39 is 0 Å². The lowest BCUT2D eigenvalue weighted by Crippen LogP contribution is -2.34. The number of hydrogen-bond donors (Lipinski definition) is 1. The summed E-state index contributed by atoms with van der Waals surface area (Å²) in [6, 6.07) is 7.59. The normalized spacial score (nSPS) is 21.1. The highest BCUT2D eigenvalue weighted by molar-refractivity contribution is 6.09. The van der Waals surface area contributed by atoms with Gasteiger partial charge in [0.05, 0.1) is 11.6 Å². The zero-order valence-corrected chi connectivity index (χ0v) is 12.6. The number of carbonyl (C=O) groups excluding carboxylic acids is 1. The van der Waals surface area contributed by atoms with Gasteiger partial charge in [0.15, 0.2) is 5.78 Å². The van der Waals surface area contributed by atoms with Crippen LogP contribution in [-0.2, 0) is 0 Å². The van der Waals surface area contributed by atoms with Crippen LogP contribution < -0.4 is 0 Å². The first kappa shape index (κ1) is 13.9. The Bertz CT molecular complexity index is 733. The molecule has 1 fully saturated rings. The van der Waals surface area contributed by atoms with Crippen molar-refractivity contribution in [2.24, 2.45) is 11.3 Å². The van der Waals surface area contributed by atoms with Crippen LogP contribution in [0.4, 0.5) is 0 Å². The number of benzene rings is 1. The molecule has 3 nitrogen and oxygen atoms in total. The Morgan fingerprint density at radius 2 is 2.19 bits per heavy atom. The van der Waals surface area contributed by atoms with Crippen LogP contribution in [0.3, 0.4) is 0 Å². The van der Waals surface area contributed by atoms with E-state index >= 15 is 0 Å². The van der Waals surface area contributed by atoms with Crippen LogP contribution in [0.2, 0.25) is 0 Å². The molecular formula is C18H20N2O. The van der Waals surface area contributed by atoms with E-state index in [1.165, 1.54) is 6.42 Å². The third-order valence-electron chi connectivity index (χ3n) is 4.90. The highest BCUT2D eigenvalue weighted by atomic mass is 16.1. The first-order valence-corrected chi connectivity index (χ1v) is 7.58. The van der Waals surface area contributed by atoms with Crippen molar-refractivity contribution < 1.29 is 4.79 Å². The van der Waals surface area contributed by atoms with Gasteiger partial charge >= 0.3 is 0 Å². The summed E-state index contributed by atoms with van der Waals surface area (Å²) in [5.74, 6) is 0.344. The summed E-state index contributed by atoms with van der Waals surface area (Å²) in [6.45, 7) is 4.41. The summed E-state index contributed by atoms with van der Waals surface area (Å²) in [4.78, 5) is 16.1. The fourth-order valence-corrected chi connectivity index (χ4v) is 3.57. The number of rotatable bonds is 2. The number of nitrogens with zero attached hydrogens (tertiary/aromatic N) is 1. The van der Waals surface area contributed by atoms with E-state index in [-0.39, 0.29) is 17.1 Å². The second-order valence-corrected chi connectivity index (χ2v) is 6.73. The van der Waals surface area contributed by atoms with Gasteiger partial charge in [0.25, 0.3) is 0 Å². The van der Waals surface area contributed by atoms with Crippen LogP contribution in [0.5, 0.6) is 0 Å². The Morgan fingerprint density at radius 1 is 1.38 bits per heavy atom. The number of ketones is 1. The molecule has 1 aromatic carbocycles. The molecule has 1 aliphatic carbocycles. The van der Waals surface area contributed by atoms with Crippen molar-refractivity contribution in [3.63, 3.8) is 0 Å². The van der Waals surface area contributed by atoms with Gasteiger partial charge in [-0.3, -0.25) is 4.79 Å². The Hall–Kier alpha value is -2.08. The molecule has 0 spiro atoms. The molecule has 0 bridgehead atoms. The monoisotopic (exact) mass is 280 g/mol. The molecule has 2 aromatic rings. The zero-order chi connectivity index (χ0) is 15.0. The largest absolute Gasteiger partial charge is 0.360 e.